The maximum atomic E-state index is 13.3. The smallest absolute Gasteiger partial charge is 0.406 e. The summed E-state index contributed by atoms with van der Waals surface area (Å²) in [6.07, 6.45) is -4.84. The van der Waals surface area contributed by atoms with Crippen molar-refractivity contribution in [3.63, 3.8) is 0 Å². The predicted molar refractivity (Wildman–Crippen MR) is 105 cm³/mol. The van der Waals surface area contributed by atoms with E-state index in [1.807, 2.05) is 0 Å². The maximum absolute atomic E-state index is 13.3. The molecular weight excluding hydrogens is 472 g/mol. The molecule has 0 atom stereocenters. The van der Waals surface area contributed by atoms with Gasteiger partial charge < -0.3 is 10.1 Å². The third-order valence-corrected chi connectivity index (χ3v) is 4.34. The van der Waals surface area contributed by atoms with E-state index in [1.165, 1.54) is 24.3 Å². The van der Waals surface area contributed by atoms with E-state index in [0.717, 1.165) is 23.0 Å². The third kappa shape index (κ3) is 5.41. The van der Waals surface area contributed by atoms with E-state index >= 15 is 0 Å². The standard InChI is InChI=1S/C18H11ClF4N8O2/c19-12-7-10(4-5-13(12)20)25-16(24)15-14(28-33-29-15)8-31-27-17(26-30-31)9-2-1-3-11(6-9)32-18(21,22)23/h1-7H,8H2,(H2,24,25). The minimum Gasteiger partial charge on any atom is -0.406 e. The van der Waals surface area contributed by atoms with Crippen molar-refractivity contribution < 1.29 is 26.9 Å². The van der Waals surface area contributed by atoms with Crippen LogP contribution in [0.15, 0.2) is 47.1 Å². The zero-order chi connectivity index (χ0) is 23.6. The molecule has 0 spiro atoms. The van der Waals surface area contributed by atoms with Crippen LogP contribution in [0.2, 0.25) is 5.02 Å². The van der Waals surface area contributed by atoms with Crippen LogP contribution in [0, 0.1) is 11.2 Å². The van der Waals surface area contributed by atoms with Gasteiger partial charge in [-0.1, -0.05) is 28.9 Å². The number of nitrogens with zero attached hydrogens (tertiary/aromatic N) is 6. The average molecular weight is 483 g/mol. The number of hydrogen-bond donors (Lipinski definition) is 2. The molecule has 4 rings (SSSR count). The Morgan fingerprint density at radius 1 is 1.18 bits per heavy atom. The minimum absolute atomic E-state index is 0.0230. The molecule has 0 radical (unpaired) electrons. The number of anilines is 1. The van der Waals surface area contributed by atoms with Crippen molar-refractivity contribution >= 4 is 23.1 Å². The molecule has 0 amide bonds. The molecule has 0 fully saturated rings. The molecule has 2 aromatic heterocycles. The Labute approximate surface area is 186 Å². The van der Waals surface area contributed by atoms with E-state index < -0.39 is 17.9 Å². The first-order chi connectivity index (χ1) is 15.7. The second-order valence-electron chi connectivity index (χ2n) is 6.41. The largest absolute Gasteiger partial charge is 0.573 e. The normalized spacial score (nSPS) is 11.4. The van der Waals surface area contributed by atoms with Crippen molar-refractivity contribution in [3.05, 3.63) is 64.7 Å². The van der Waals surface area contributed by atoms with E-state index in [1.54, 1.807) is 0 Å². The molecule has 33 heavy (non-hydrogen) atoms. The van der Waals surface area contributed by atoms with E-state index in [4.69, 9.17) is 21.6 Å². The van der Waals surface area contributed by atoms with Crippen LogP contribution in [-0.4, -0.2) is 42.7 Å². The molecule has 2 aromatic carbocycles. The molecule has 0 aliphatic heterocycles. The number of amidine groups is 1. The Balaban J connectivity index is 1.48. The molecule has 2 heterocycles. The summed E-state index contributed by atoms with van der Waals surface area (Å²) in [6, 6.07) is 8.90. The third-order valence-electron chi connectivity index (χ3n) is 4.05. The first-order valence-electron chi connectivity index (χ1n) is 8.94. The molecule has 0 bridgehead atoms. The number of hydrogen-bond acceptors (Lipinski definition) is 8. The van der Waals surface area contributed by atoms with Gasteiger partial charge in [-0.15, -0.1) is 23.4 Å². The number of rotatable bonds is 6. The summed E-state index contributed by atoms with van der Waals surface area (Å²) in [5.41, 5.74) is 0.764. The number of ether oxygens (including phenoxy) is 1. The highest BCUT2D eigenvalue weighted by Crippen LogP contribution is 2.26. The van der Waals surface area contributed by atoms with Gasteiger partial charge in [-0.2, -0.15) is 4.80 Å². The Bertz CT molecular complexity index is 1310. The van der Waals surface area contributed by atoms with Crippen molar-refractivity contribution in [3.8, 4) is 17.1 Å². The fourth-order valence-corrected chi connectivity index (χ4v) is 2.85. The van der Waals surface area contributed by atoms with Crippen molar-refractivity contribution in [2.45, 2.75) is 12.9 Å². The molecule has 0 saturated heterocycles. The van der Waals surface area contributed by atoms with Crippen molar-refractivity contribution in [1.29, 1.82) is 5.41 Å². The zero-order valence-corrected chi connectivity index (χ0v) is 16.9. The number of alkyl halides is 3. The number of nitrogens with one attached hydrogen (secondary N) is 2. The van der Waals surface area contributed by atoms with Crippen LogP contribution < -0.4 is 10.1 Å². The molecule has 0 aliphatic rings. The van der Waals surface area contributed by atoms with Crippen LogP contribution in [-0.2, 0) is 6.54 Å². The fourth-order valence-electron chi connectivity index (χ4n) is 2.67. The number of tetrazole rings is 1. The molecule has 0 saturated carbocycles. The summed E-state index contributed by atoms with van der Waals surface area (Å²) in [4.78, 5) is 1.09. The van der Waals surface area contributed by atoms with E-state index in [9.17, 15) is 17.6 Å². The SMILES string of the molecule is N=C(Nc1ccc(F)c(Cl)c1)c1nonc1Cn1nnc(-c2cccc(OC(F)(F)F)c2)n1. The molecule has 4 aromatic rings. The molecule has 0 unspecified atom stereocenters. The topological polar surface area (TPSA) is 128 Å². The number of aromatic nitrogens is 6. The van der Waals surface area contributed by atoms with Gasteiger partial charge in [0.25, 0.3) is 0 Å². The summed E-state index contributed by atoms with van der Waals surface area (Å²) in [7, 11) is 0. The lowest BCUT2D eigenvalue weighted by molar-refractivity contribution is -0.274. The molecule has 15 heteroatoms. The molecule has 2 N–H and O–H groups in total. The van der Waals surface area contributed by atoms with Gasteiger partial charge in [0.2, 0.25) is 5.82 Å². The lowest BCUT2D eigenvalue weighted by Gasteiger charge is -2.08. The Hall–Kier alpha value is -4.07. The Kier molecular flexibility index (Phi) is 5.91. The van der Waals surface area contributed by atoms with Gasteiger partial charge in [-0.05, 0) is 40.7 Å². The maximum Gasteiger partial charge on any atom is 0.573 e. The molecular formula is C18H11ClF4N8O2. The summed E-state index contributed by atoms with van der Waals surface area (Å²) in [5, 5.41) is 29.9. The first-order valence-corrected chi connectivity index (χ1v) is 9.32. The first kappa shape index (κ1) is 22.1. The lowest BCUT2D eigenvalue weighted by Crippen LogP contribution is -2.17. The van der Waals surface area contributed by atoms with Gasteiger partial charge >= 0.3 is 6.36 Å². The number of benzene rings is 2. The van der Waals surface area contributed by atoms with Gasteiger partial charge in [0.15, 0.2) is 11.5 Å². The monoisotopic (exact) mass is 482 g/mol. The van der Waals surface area contributed by atoms with Crippen LogP contribution in [0.5, 0.6) is 5.75 Å². The predicted octanol–water partition coefficient (Wildman–Crippen LogP) is 3.90. The quantitative estimate of drug-likeness (QED) is 0.240. The molecule has 0 aliphatic carbocycles. The Morgan fingerprint density at radius 3 is 2.76 bits per heavy atom. The van der Waals surface area contributed by atoms with Crippen molar-refractivity contribution in [2.24, 2.45) is 0 Å². The van der Waals surface area contributed by atoms with Crippen LogP contribution in [0.4, 0.5) is 23.2 Å². The van der Waals surface area contributed by atoms with E-state index in [0.29, 0.717) is 5.69 Å². The van der Waals surface area contributed by atoms with Crippen LogP contribution in [0.25, 0.3) is 11.4 Å². The second kappa shape index (κ2) is 8.82. The van der Waals surface area contributed by atoms with Crippen molar-refractivity contribution in [2.75, 3.05) is 5.32 Å². The van der Waals surface area contributed by atoms with E-state index in [-0.39, 0.29) is 40.2 Å². The summed E-state index contributed by atoms with van der Waals surface area (Å²) < 4.78 is 59.2. The second-order valence-corrected chi connectivity index (χ2v) is 6.81. The number of halogens is 5. The minimum atomic E-state index is -4.84. The van der Waals surface area contributed by atoms with E-state index in [2.05, 4.69) is 35.8 Å². The van der Waals surface area contributed by atoms with Gasteiger partial charge in [-0.25, -0.2) is 9.02 Å². The molecule has 10 nitrogen and oxygen atoms in total. The Morgan fingerprint density at radius 2 is 2.00 bits per heavy atom. The van der Waals surface area contributed by atoms with Gasteiger partial charge in [0, 0.05) is 11.3 Å². The van der Waals surface area contributed by atoms with Crippen LogP contribution >= 0.6 is 11.6 Å². The lowest BCUT2D eigenvalue weighted by atomic mass is 10.2. The highest BCUT2D eigenvalue weighted by atomic mass is 35.5. The summed E-state index contributed by atoms with van der Waals surface area (Å²) in [6.45, 7) is -0.112. The fraction of sp³-hybridized carbons (Fsp3) is 0.111. The summed E-state index contributed by atoms with van der Waals surface area (Å²) >= 11 is 5.73. The summed E-state index contributed by atoms with van der Waals surface area (Å²) in [5.74, 6) is -1.22. The van der Waals surface area contributed by atoms with Gasteiger partial charge in [-0.3, -0.25) is 5.41 Å². The highest BCUT2D eigenvalue weighted by molar-refractivity contribution is 6.31. The van der Waals surface area contributed by atoms with Crippen molar-refractivity contribution in [1.82, 2.24) is 30.5 Å². The highest BCUT2D eigenvalue weighted by Gasteiger charge is 2.31. The molecule has 170 valence electrons. The zero-order valence-electron chi connectivity index (χ0n) is 16.1. The van der Waals surface area contributed by atoms with Gasteiger partial charge in [0.05, 0.1) is 5.02 Å². The van der Waals surface area contributed by atoms with Crippen LogP contribution in [0.3, 0.4) is 0 Å². The van der Waals surface area contributed by atoms with Crippen LogP contribution in [0.1, 0.15) is 11.4 Å². The average Bonchev–Trinajstić information content (AvgIpc) is 3.40. The van der Waals surface area contributed by atoms with Gasteiger partial charge in [0.1, 0.15) is 23.8 Å².